The van der Waals surface area contributed by atoms with Gasteiger partial charge in [-0.3, -0.25) is 4.99 Å². The highest BCUT2D eigenvalue weighted by Gasteiger charge is 2.57. The fourth-order valence-corrected chi connectivity index (χ4v) is 4.39. The summed E-state index contributed by atoms with van der Waals surface area (Å²) in [4.78, 5) is 5.75. The number of amidine groups is 1. The second-order valence-electron chi connectivity index (χ2n) is 7.34. The Labute approximate surface area is 177 Å². The van der Waals surface area contributed by atoms with Crippen molar-refractivity contribution in [2.75, 3.05) is 14.1 Å². The zero-order chi connectivity index (χ0) is 23.1. The molecule has 6 atom stereocenters. The van der Waals surface area contributed by atoms with E-state index in [2.05, 4.69) is 4.99 Å². The number of hydrogen-bond acceptors (Lipinski definition) is 7. The zero-order valence-corrected chi connectivity index (χ0v) is 17.1. The summed E-state index contributed by atoms with van der Waals surface area (Å²) in [5, 5.41) is 21.0. The van der Waals surface area contributed by atoms with E-state index in [1.165, 1.54) is 6.07 Å². The van der Waals surface area contributed by atoms with E-state index in [0.717, 1.165) is 23.9 Å². The lowest BCUT2D eigenvalue weighted by Crippen LogP contribution is -2.61. The molecule has 31 heavy (non-hydrogen) atoms. The van der Waals surface area contributed by atoms with Gasteiger partial charge in [0.15, 0.2) is 11.3 Å². The molecule has 1 aromatic carbocycles. The van der Waals surface area contributed by atoms with Gasteiger partial charge < -0.3 is 24.6 Å². The summed E-state index contributed by atoms with van der Waals surface area (Å²) in [6.07, 6.45) is -18.0. The predicted molar refractivity (Wildman–Crippen MR) is 99.3 cm³/mol. The van der Waals surface area contributed by atoms with Crippen LogP contribution in [0.4, 0.5) is 26.3 Å². The molecule has 0 aromatic heterocycles. The lowest BCUT2D eigenvalue weighted by atomic mass is 9.94. The Morgan fingerprint density at radius 3 is 2.42 bits per heavy atom. The highest BCUT2D eigenvalue weighted by Crippen LogP contribution is 2.41. The maximum Gasteiger partial charge on any atom is 0.417 e. The second-order valence-corrected chi connectivity index (χ2v) is 8.40. The van der Waals surface area contributed by atoms with Crippen LogP contribution < -0.4 is 0 Å². The number of nitrogens with zero attached hydrogens (tertiary/aromatic N) is 2. The van der Waals surface area contributed by atoms with Gasteiger partial charge in [-0.1, -0.05) is 23.9 Å². The summed E-state index contributed by atoms with van der Waals surface area (Å²) in [6.45, 7) is -0.808. The van der Waals surface area contributed by atoms with Crippen LogP contribution in [0.2, 0.25) is 0 Å². The normalized spacial score (nSPS) is 30.0. The molecule has 0 bridgehead atoms. The van der Waals surface area contributed by atoms with Crippen LogP contribution in [0.1, 0.15) is 11.1 Å². The lowest BCUT2D eigenvalue weighted by molar-refractivity contribution is -0.287. The number of benzene rings is 1. The minimum atomic E-state index is -5.02. The molecule has 1 saturated heterocycles. The molecule has 0 amide bonds. The third-order valence-electron chi connectivity index (χ3n) is 4.78. The zero-order valence-electron chi connectivity index (χ0n) is 16.3. The molecule has 1 unspecified atom stereocenters. The van der Waals surface area contributed by atoms with Crippen LogP contribution in [-0.2, 0) is 22.3 Å². The molecule has 174 valence electrons. The first-order valence-electron chi connectivity index (χ1n) is 9.07. The van der Waals surface area contributed by atoms with E-state index in [-0.39, 0.29) is 5.56 Å². The summed E-state index contributed by atoms with van der Waals surface area (Å²) in [5.41, 5.74) is -2.15. The molecular weight excluding hydrogens is 454 g/mol. The first kappa shape index (κ1) is 24.1. The van der Waals surface area contributed by atoms with Crippen molar-refractivity contribution in [3.05, 3.63) is 35.4 Å². The van der Waals surface area contributed by atoms with Crippen molar-refractivity contribution in [2.24, 2.45) is 4.99 Å². The Morgan fingerprint density at radius 1 is 1.16 bits per heavy atom. The molecule has 2 aliphatic heterocycles. The quantitative estimate of drug-likeness (QED) is 0.654. The minimum absolute atomic E-state index is 0.138. The van der Waals surface area contributed by atoms with Gasteiger partial charge >= 0.3 is 12.4 Å². The monoisotopic (exact) mass is 474 g/mol. The lowest BCUT2D eigenvalue weighted by Gasteiger charge is -2.41. The Morgan fingerprint density at radius 2 is 1.84 bits per heavy atom. The van der Waals surface area contributed by atoms with Crippen molar-refractivity contribution in [1.82, 2.24) is 4.90 Å². The third kappa shape index (κ3) is 5.28. The average molecular weight is 474 g/mol. The summed E-state index contributed by atoms with van der Waals surface area (Å²) >= 11 is 0.994. The highest BCUT2D eigenvalue weighted by molar-refractivity contribution is 8.14. The Kier molecular flexibility index (Phi) is 6.82. The number of aliphatic hydroxyl groups is 2. The van der Waals surface area contributed by atoms with Gasteiger partial charge in [0.05, 0.1) is 12.2 Å². The molecule has 2 aliphatic rings. The Balaban J connectivity index is 1.78. The molecule has 2 heterocycles. The van der Waals surface area contributed by atoms with Crippen molar-refractivity contribution in [2.45, 2.75) is 54.9 Å². The fourth-order valence-electron chi connectivity index (χ4n) is 3.24. The van der Waals surface area contributed by atoms with Gasteiger partial charge in [0.25, 0.3) is 0 Å². The highest BCUT2D eigenvalue weighted by atomic mass is 32.2. The van der Waals surface area contributed by atoms with Crippen LogP contribution in [0.15, 0.2) is 29.3 Å². The number of aliphatic imine (C=N–C) groups is 1. The number of hydrogen-bond donors (Lipinski definition) is 2. The van der Waals surface area contributed by atoms with E-state index in [0.29, 0.717) is 11.2 Å². The van der Waals surface area contributed by atoms with Gasteiger partial charge in [-0.05, 0) is 17.7 Å². The van der Waals surface area contributed by atoms with Gasteiger partial charge in [-0.2, -0.15) is 26.3 Å². The summed E-state index contributed by atoms with van der Waals surface area (Å²) in [7, 11) is 3.31. The van der Waals surface area contributed by atoms with Crippen LogP contribution >= 0.6 is 11.8 Å². The largest absolute Gasteiger partial charge is 0.417 e. The van der Waals surface area contributed by atoms with Crippen molar-refractivity contribution >= 4 is 16.9 Å². The third-order valence-corrected chi connectivity index (χ3v) is 6.08. The van der Waals surface area contributed by atoms with Crippen LogP contribution in [0.5, 0.6) is 0 Å². The number of aliphatic hydroxyl groups excluding tert-OH is 2. The van der Waals surface area contributed by atoms with E-state index < -0.39 is 60.4 Å². The van der Waals surface area contributed by atoms with Gasteiger partial charge in [0.1, 0.15) is 29.8 Å². The SMILES string of the molecule is CN(C)C1=N[C@@H]2[C@@H](O)[C@H](O)C([C@@H](OCc3cccc(C(F)(F)F)c3)C(F)(F)F)O[C@@H]2S1. The number of ether oxygens (including phenoxy) is 2. The number of thioether (sulfide) groups is 1. The molecular formula is C18H20F6N2O4S. The van der Waals surface area contributed by atoms with E-state index in [1.807, 2.05) is 0 Å². The average Bonchev–Trinajstić information content (AvgIpc) is 3.09. The molecule has 2 N–H and O–H groups in total. The first-order chi connectivity index (χ1) is 14.3. The second kappa shape index (κ2) is 8.77. The van der Waals surface area contributed by atoms with Crippen molar-refractivity contribution in [3.63, 3.8) is 0 Å². The van der Waals surface area contributed by atoms with Crippen molar-refractivity contribution < 1.29 is 46.0 Å². The minimum Gasteiger partial charge on any atom is -0.388 e. The maximum atomic E-state index is 13.7. The molecule has 0 spiro atoms. The van der Waals surface area contributed by atoms with Gasteiger partial charge in [-0.15, -0.1) is 0 Å². The standard InChI is InChI=1S/C18H20F6N2O4S/c1-26(2)16-25-10-11(27)12(28)13(30-15(10)31-16)14(18(22,23)24)29-7-8-4-3-5-9(6-8)17(19,20)21/h3-6,10-15,27-28H,7H2,1-2H3/t10-,11-,12+,13?,14-,15-/m1/s1. The smallest absolute Gasteiger partial charge is 0.388 e. The van der Waals surface area contributed by atoms with Crippen molar-refractivity contribution in [3.8, 4) is 0 Å². The summed E-state index contributed by atoms with van der Waals surface area (Å²) in [6, 6.07) is 2.75. The van der Waals surface area contributed by atoms with E-state index in [1.54, 1.807) is 19.0 Å². The van der Waals surface area contributed by atoms with Crippen LogP contribution in [0.25, 0.3) is 0 Å². The van der Waals surface area contributed by atoms with Gasteiger partial charge in [0.2, 0.25) is 0 Å². The fraction of sp³-hybridized carbons (Fsp3) is 0.611. The number of alkyl halides is 6. The first-order valence-corrected chi connectivity index (χ1v) is 9.95. The van der Waals surface area contributed by atoms with E-state index in [4.69, 9.17) is 9.47 Å². The Bertz CT molecular complexity index is 819. The van der Waals surface area contributed by atoms with Crippen molar-refractivity contribution in [1.29, 1.82) is 0 Å². The molecule has 13 heteroatoms. The molecule has 0 saturated carbocycles. The van der Waals surface area contributed by atoms with Gasteiger partial charge in [-0.25, -0.2) is 0 Å². The van der Waals surface area contributed by atoms with Crippen LogP contribution in [-0.4, -0.2) is 76.4 Å². The maximum absolute atomic E-state index is 13.7. The van der Waals surface area contributed by atoms with E-state index >= 15 is 0 Å². The van der Waals surface area contributed by atoms with Crippen LogP contribution in [0.3, 0.4) is 0 Å². The number of halogens is 6. The molecule has 1 aromatic rings. The molecule has 1 fully saturated rings. The molecule has 6 nitrogen and oxygen atoms in total. The number of rotatable bonds is 4. The summed E-state index contributed by atoms with van der Waals surface area (Å²) in [5.74, 6) is 0. The number of fused-ring (bicyclic) bond motifs is 1. The summed E-state index contributed by atoms with van der Waals surface area (Å²) < 4.78 is 89.9. The molecule has 0 aliphatic carbocycles. The Hall–Kier alpha value is -1.54. The molecule has 0 radical (unpaired) electrons. The van der Waals surface area contributed by atoms with Crippen LogP contribution in [0, 0.1) is 0 Å². The van der Waals surface area contributed by atoms with E-state index in [9.17, 15) is 36.6 Å². The molecule has 3 rings (SSSR count). The topological polar surface area (TPSA) is 74.5 Å². The predicted octanol–water partition coefficient (Wildman–Crippen LogP) is 2.63. The van der Waals surface area contributed by atoms with Gasteiger partial charge in [0, 0.05) is 14.1 Å².